The Bertz CT molecular complexity index is 1120. The predicted molar refractivity (Wildman–Crippen MR) is 113 cm³/mol. The molecule has 3 aromatic rings. The molecule has 3 aromatic carbocycles. The van der Waals surface area contributed by atoms with E-state index in [1.807, 2.05) is 78.9 Å². The smallest absolute Gasteiger partial charge is 0.266 e. The highest BCUT2D eigenvalue weighted by molar-refractivity contribution is 6.09. The SMILES string of the molecule is CC(=O)c1ccc(-c2cccc(C3(c4ccccc4)N=C(N)N(C)C3=O)c2)cc1. The zero-order valence-corrected chi connectivity index (χ0v) is 16.3. The molecule has 29 heavy (non-hydrogen) atoms. The van der Waals surface area contributed by atoms with E-state index in [-0.39, 0.29) is 17.6 Å². The molecule has 0 aliphatic carbocycles. The quantitative estimate of drug-likeness (QED) is 0.700. The molecule has 0 saturated carbocycles. The lowest BCUT2D eigenvalue weighted by Gasteiger charge is -2.26. The second kappa shape index (κ2) is 7.02. The van der Waals surface area contributed by atoms with Crippen molar-refractivity contribution < 1.29 is 9.59 Å². The van der Waals surface area contributed by atoms with Gasteiger partial charge >= 0.3 is 0 Å². The number of hydrogen-bond donors (Lipinski definition) is 1. The Morgan fingerprint density at radius 3 is 2.14 bits per heavy atom. The summed E-state index contributed by atoms with van der Waals surface area (Å²) in [5, 5.41) is 0. The number of hydrogen-bond acceptors (Lipinski definition) is 4. The molecule has 5 nitrogen and oxygen atoms in total. The maximum absolute atomic E-state index is 13.3. The first-order valence-corrected chi connectivity index (χ1v) is 9.34. The first-order valence-electron chi connectivity index (χ1n) is 9.34. The molecular formula is C24H21N3O2. The van der Waals surface area contributed by atoms with Crippen molar-refractivity contribution in [3.8, 4) is 11.1 Å². The highest BCUT2D eigenvalue weighted by Gasteiger charge is 2.49. The minimum Gasteiger partial charge on any atom is -0.369 e. The molecule has 1 aliphatic heterocycles. The van der Waals surface area contributed by atoms with Crippen molar-refractivity contribution in [1.82, 2.24) is 4.90 Å². The number of rotatable bonds is 4. The van der Waals surface area contributed by atoms with E-state index >= 15 is 0 Å². The second-order valence-corrected chi connectivity index (χ2v) is 7.12. The van der Waals surface area contributed by atoms with E-state index in [9.17, 15) is 9.59 Å². The van der Waals surface area contributed by atoms with Crippen LogP contribution >= 0.6 is 0 Å². The van der Waals surface area contributed by atoms with Crippen LogP contribution in [0.15, 0.2) is 83.9 Å². The van der Waals surface area contributed by atoms with Crippen molar-refractivity contribution in [3.05, 3.63) is 95.6 Å². The summed E-state index contributed by atoms with van der Waals surface area (Å²) < 4.78 is 0. The summed E-state index contributed by atoms with van der Waals surface area (Å²) in [4.78, 5) is 30.9. The van der Waals surface area contributed by atoms with Crippen LogP contribution in [-0.4, -0.2) is 29.6 Å². The minimum absolute atomic E-state index is 0.0257. The third kappa shape index (κ3) is 3.01. The fourth-order valence-corrected chi connectivity index (χ4v) is 3.68. The van der Waals surface area contributed by atoms with E-state index in [2.05, 4.69) is 4.99 Å². The van der Waals surface area contributed by atoms with Crippen LogP contribution in [0.2, 0.25) is 0 Å². The van der Waals surface area contributed by atoms with Gasteiger partial charge in [-0.15, -0.1) is 0 Å². The Kier molecular flexibility index (Phi) is 4.51. The van der Waals surface area contributed by atoms with Crippen molar-refractivity contribution in [2.45, 2.75) is 12.5 Å². The van der Waals surface area contributed by atoms with Crippen LogP contribution in [0.5, 0.6) is 0 Å². The number of benzene rings is 3. The fraction of sp³-hybridized carbons (Fsp3) is 0.125. The summed E-state index contributed by atoms with van der Waals surface area (Å²) in [6, 6.07) is 24.6. The second-order valence-electron chi connectivity index (χ2n) is 7.12. The van der Waals surface area contributed by atoms with Gasteiger partial charge in [0.05, 0.1) is 0 Å². The average molecular weight is 383 g/mol. The number of carbonyl (C=O) groups excluding carboxylic acids is 2. The molecule has 1 aliphatic rings. The summed E-state index contributed by atoms with van der Waals surface area (Å²) in [5.41, 5.74) is 8.88. The van der Waals surface area contributed by atoms with Gasteiger partial charge in [0.25, 0.3) is 5.91 Å². The molecule has 0 fully saturated rings. The Balaban J connectivity index is 1.87. The Hall–Kier alpha value is -3.73. The zero-order valence-electron chi connectivity index (χ0n) is 16.3. The minimum atomic E-state index is -1.21. The monoisotopic (exact) mass is 383 g/mol. The van der Waals surface area contributed by atoms with Crippen molar-refractivity contribution in [3.63, 3.8) is 0 Å². The summed E-state index contributed by atoms with van der Waals surface area (Å²) in [5.74, 6) is 0.0260. The first kappa shape index (κ1) is 18.6. The third-order valence-electron chi connectivity index (χ3n) is 5.34. The number of carbonyl (C=O) groups is 2. The molecule has 0 saturated heterocycles. The number of Topliss-reactive ketones (excluding diaryl/α,β-unsaturated/α-hetero) is 1. The van der Waals surface area contributed by atoms with E-state index in [1.54, 1.807) is 14.0 Å². The van der Waals surface area contributed by atoms with Crippen LogP contribution < -0.4 is 5.73 Å². The summed E-state index contributed by atoms with van der Waals surface area (Å²) in [6.45, 7) is 1.55. The lowest BCUT2D eigenvalue weighted by atomic mass is 9.81. The van der Waals surface area contributed by atoms with Gasteiger partial charge in [0.1, 0.15) is 0 Å². The molecule has 1 unspecified atom stereocenters. The largest absolute Gasteiger partial charge is 0.369 e. The van der Waals surface area contributed by atoms with Crippen LogP contribution in [0.4, 0.5) is 0 Å². The topological polar surface area (TPSA) is 75.8 Å². The molecule has 0 aromatic heterocycles. The van der Waals surface area contributed by atoms with Gasteiger partial charge in [-0.25, -0.2) is 4.99 Å². The van der Waals surface area contributed by atoms with Gasteiger partial charge in [0, 0.05) is 12.6 Å². The van der Waals surface area contributed by atoms with Gasteiger partial charge in [0.15, 0.2) is 17.3 Å². The van der Waals surface area contributed by atoms with Gasteiger partial charge in [-0.3, -0.25) is 14.5 Å². The van der Waals surface area contributed by atoms with Crippen LogP contribution in [0.3, 0.4) is 0 Å². The highest BCUT2D eigenvalue weighted by Crippen LogP contribution is 2.40. The van der Waals surface area contributed by atoms with Crippen molar-refractivity contribution in [1.29, 1.82) is 0 Å². The molecule has 144 valence electrons. The van der Waals surface area contributed by atoms with Crippen molar-refractivity contribution in [2.75, 3.05) is 7.05 Å². The molecule has 0 radical (unpaired) electrons. The van der Waals surface area contributed by atoms with Crippen LogP contribution in [0.25, 0.3) is 11.1 Å². The van der Waals surface area contributed by atoms with Crippen LogP contribution in [-0.2, 0) is 10.3 Å². The fourth-order valence-electron chi connectivity index (χ4n) is 3.68. The van der Waals surface area contributed by atoms with Gasteiger partial charge in [-0.2, -0.15) is 0 Å². The van der Waals surface area contributed by atoms with Crippen molar-refractivity contribution in [2.24, 2.45) is 10.7 Å². The Morgan fingerprint density at radius 1 is 0.897 bits per heavy atom. The molecule has 1 heterocycles. The molecule has 1 atom stereocenters. The van der Waals surface area contributed by atoms with E-state index in [0.29, 0.717) is 5.56 Å². The number of nitrogens with zero attached hydrogens (tertiary/aromatic N) is 2. The standard InChI is InChI=1S/C24H21N3O2/c1-16(28)17-11-13-18(14-12-17)19-7-6-10-21(15-19)24(20-8-4-3-5-9-20)22(29)27(2)23(25)26-24/h3-15H,1-2H3,(H2,25,26). The van der Waals surface area contributed by atoms with E-state index in [4.69, 9.17) is 5.73 Å². The van der Waals surface area contributed by atoms with Crippen LogP contribution in [0.1, 0.15) is 28.4 Å². The molecule has 4 rings (SSSR count). The normalized spacial score (nSPS) is 18.6. The lowest BCUT2D eigenvalue weighted by Crippen LogP contribution is -2.41. The number of ketones is 1. The van der Waals surface area contributed by atoms with E-state index in [0.717, 1.165) is 22.3 Å². The van der Waals surface area contributed by atoms with E-state index in [1.165, 1.54) is 4.90 Å². The van der Waals surface area contributed by atoms with E-state index < -0.39 is 5.54 Å². The van der Waals surface area contributed by atoms with Gasteiger partial charge in [0.2, 0.25) is 0 Å². The number of aliphatic imine (C=N–C) groups is 1. The maximum Gasteiger partial charge on any atom is 0.266 e. The summed E-state index contributed by atoms with van der Waals surface area (Å²) >= 11 is 0. The Labute approximate surface area is 169 Å². The Morgan fingerprint density at radius 2 is 1.55 bits per heavy atom. The average Bonchev–Trinajstić information content (AvgIpc) is 2.99. The molecule has 0 spiro atoms. The van der Waals surface area contributed by atoms with Gasteiger partial charge in [-0.1, -0.05) is 72.8 Å². The summed E-state index contributed by atoms with van der Waals surface area (Å²) in [7, 11) is 1.64. The van der Waals surface area contributed by atoms with Crippen LogP contribution in [0, 0.1) is 0 Å². The zero-order chi connectivity index (χ0) is 20.6. The molecule has 1 amide bonds. The molecular weight excluding hydrogens is 362 g/mol. The van der Waals surface area contributed by atoms with Crippen molar-refractivity contribution >= 4 is 17.6 Å². The predicted octanol–water partition coefficient (Wildman–Crippen LogP) is 3.59. The maximum atomic E-state index is 13.3. The first-order chi connectivity index (χ1) is 13.9. The van der Waals surface area contributed by atoms with Gasteiger partial charge in [-0.05, 0) is 35.2 Å². The number of guanidine groups is 1. The van der Waals surface area contributed by atoms with Gasteiger partial charge < -0.3 is 5.73 Å². The lowest BCUT2D eigenvalue weighted by molar-refractivity contribution is -0.129. The molecule has 2 N–H and O–H groups in total. The highest BCUT2D eigenvalue weighted by atomic mass is 16.2. The molecule has 5 heteroatoms. The summed E-state index contributed by atoms with van der Waals surface area (Å²) in [6.07, 6.45) is 0. The molecule has 0 bridgehead atoms. The number of likely N-dealkylation sites (N-methyl/N-ethyl adjacent to an activating group) is 1. The number of nitrogens with two attached hydrogens (primary N) is 1. The third-order valence-corrected chi connectivity index (χ3v) is 5.34. The number of amides is 1.